The van der Waals surface area contributed by atoms with Gasteiger partial charge in [0.2, 0.25) is 5.88 Å². The molecule has 2 rings (SSSR count). The molecule has 4 nitrogen and oxygen atoms in total. The van der Waals surface area contributed by atoms with Crippen LogP contribution in [0.25, 0.3) is 0 Å². The molecule has 0 aliphatic heterocycles. The number of hydrogen-bond donors (Lipinski definition) is 0. The van der Waals surface area contributed by atoms with Gasteiger partial charge in [-0.1, -0.05) is 26.0 Å². The molecule has 122 valence electrons. The number of rotatable bonds is 5. The van der Waals surface area contributed by atoms with Gasteiger partial charge in [0.15, 0.2) is 17.3 Å². The van der Waals surface area contributed by atoms with E-state index < -0.39 is 12.1 Å². The van der Waals surface area contributed by atoms with Crippen LogP contribution in [0.15, 0.2) is 42.6 Å². The van der Waals surface area contributed by atoms with E-state index in [-0.39, 0.29) is 23.3 Å². The Kier molecular flexibility index (Phi) is 4.88. The number of Topliss-reactive ketones (excluding diaryl/α,β-unsaturated/α-hetero) is 1. The summed E-state index contributed by atoms with van der Waals surface area (Å²) in [6.07, 6.45) is -3.47. The smallest absolute Gasteiger partial charge is 0.435 e. The van der Waals surface area contributed by atoms with E-state index in [0.29, 0.717) is 5.56 Å². The van der Waals surface area contributed by atoms with E-state index in [0.717, 1.165) is 6.07 Å². The maximum atomic E-state index is 12.4. The summed E-state index contributed by atoms with van der Waals surface area (Å²) >= 11 is 0. The van der Waals surface area contributed by atoms with Crippen LogP contribution in [0.2, 0.25) is 0 Å². The highest BCUT2D eigenvalue weighted by Crippen LogP contribution is 2.34. The lowest BCUT2D eigenvalue weighted by atomic mass is 10.0. The number of para-hydroxylation sites is 2. The number of alkyl halides is 3. The average molecular weight is 325 g/mol. The summed E-state index contributed by atoms with van der Waals surface area (Å²) in [4.78, 5) is 15.8. The zero-order valence-corrected chi connectivity index (χ0v) is 12.4. The third-order valence-corrected chi connectivity index (χ3v) is 2.83. The van der Waals surface area contributed by atoms with Gasteiger partial charge < -0.3 is 9.47 Å². The third-order valence-electron chi connectivity index (χ3n) is 2.83. The van der Waals surface area contributed by atoms with Gasteiger partial charge in [-0.25, -0.2) is 4.98 Å². The van der Waals surface area contributed by atoms with E-state index in [9.17, 15) is 18.0 Å². The highest BCUT2D eigenvalue weighted by molar-refractivity contribution is 5.97. The van der Waals surface area contributed by atoms with E-state index in [1.165, 1.54) is 36.5 Å². The Bertz CT molecular complexity index is 699. The molecule has 0 saturated carbocycles. The summed E-state index contributed by atoms with van der Waals surface area (Å²) in [7, 11) is 0. The van der Waals surface area contributed by atoms with Crippen LogP contribution >= 0.6 is 0 Å². The largest absolute Gasteiger partial charge is 0.573 e. The second-order valence-corrected chi connectivity index (χ2v) is 5.00. The van der Waals surface area contributed by atoms with Crippen LogP contribution in [-0.2, 0) is 0 Å². The molecule has 23 heavy (non-hydrogen) atoms. The molecular formula is C16H14F3NO3. The minimum Gasteiger partial charge on any atom is -0.435 e. The number of benzene rings is 1. The van der Waals surface area contributed by atoms with Gasteiger partial charge in [-0.05, 0) is 18.2 Å². The predicted molar refractivity (Wildman–Crippen MR) is 76.6 cm³/mol. The van der Waals surface area contributed by atoms with E-state index in [1.807, 2.05) is 0 Å². The summed E-state index contributed by atoms with van der Waals surface area (Å²) in [5.74, 6) is -0.952. The molecule has 0 saturated heterocycles. The Hall–Kier alpha value is -2.57. The average Bonchev–Trinajstić information content (AvgIpc) is 2.47. The molecule has 0 spiro atoms. The van der Waals surface area contributed by atoms with Gasteiger partial charge in [-0.15, -0.1) is 13.2 Å². The predicted octanol–water partition coefficient (Wildman–Crippen LogP) is 4.61. The Balaban J connectivity index is 2.26. The minimum absolute atomic E-state index is 0.00900. The quantitative estimate of drug-likeness (QED) is 0.753. The number of carbonyl (C=O) groups excluding carboxylic acids is 1. The summed E-state index contributed by atoms with van der Waals surface area (Å²) in [6, 6.07) is 8.24. The normalized spacial score (nSPS) is 11.4. The maximum absolute atomic E-state index is 12.4. The van der Waals surface area contributed by atoms with Crippen molar-refractivity contribution in [1.29, 1.82) is 0 Å². The highest BCUT2D eigenvalue weighted by atomic mass is 19.4. The molecule has 0 unspecified atom stereocenters. The number of aromatic nitrogens is 1. The molecule has 2 aromatic rings. The van der Waals surface area contributed by atoms with Gasteiger partial charge >= 0.3 is 6.36 Å². The number of nitrogens with zero attached hydrogens (tertiary/aromatic N) is 1. The number of carbonyl (C=O) groups is 1. The van der Waals surface area contributed by atoms with Gasteiger partial charge in [0, 0.05) is 23.7 Å². The van der Waals surface area contributed by atoms with Crippen LogP contribution in [0.5, 0.6) is 17.4 Å². The van der Waals surface area contributed by atoms with Crippen LogP contribution in [-0.4, -0.2) is 17.1 Å². The lowest BCUT2D eigenvalue weighted by Crippen LogP contribution is -2.17. The Morgan fingerprint density at radius 3 is 2.39 bits per heavy atom. The van der Waals surface area contributed by atoms with Crippen LogP contribution in [0.4, 0.5) is 13.2 Å². The molecule has 0 amide bonds. The van der Waals surface area contributed by atoms with Crippen molar-refractivity contribution in [3.63, 3.8) is 0 Å². The number of ketones is 1. The second kappa shape index (κ2) is 6.68. The third kappa shape index (κ3) is 4.70. The van der Waals surface area contributed by atoms with Gasteiger partial charge in [0.25, 0.3) is 0 Å². The van der Waals surface area contributed by atoms with E-state index in [2.05, 4.69) is 9.72 Å². The van der Waals surface area contributed by atoms with Crippen molar-refractivity contribution < 1.29 is 27.4 Å². The molecule has 0 fully saturated rings. The molecule has 1 heterocycles. The van der Waals surface area contributed by atoms with Crippen molar-refractivity contribution in [3.8, 4) is 17.4 Å². The molecule has 0 atom stereocenters. The van der Waals surface area contributed by atoms with Crippen molar-refractivity contribution in [2.45, 2.75) is 20.2 Å². The van der Waals surface area contributed by atoms with Crippen molar-refractivity contribution in [1.82, 2.24) is 4.98 Å². The number of ether oxygens (including phenoxy) is 2. The van der Waals surface area contributed by atoms with Gasteiger partial charge in [0.1, 0.15) is 0 Å². The lowest BCUT2D eigenvalue weighted by Gasteiger charge is -2.13. The van der Waals surface area contributed by atoms with Crippen molar-refractivity contribution in [3.05, 3.63) is 48.2 Å². The molecule has 0 aliphatic rings. The van der Waals surface area contributed by atoms with Gasteiger partial charge in [0.05, 0.1) is 0 Å². The van der Waals surface area contributed by atoms with Crippen molar-refractivity contribution in [2.75, 3.05) is 0 Å². The monoisotopic (exact) mass is 325 g/mol. The summed E-state index contributed by atoms with van der Waals surface area (Å²) in [5, 5.41) is 0. The lowest BCUT2D eigenvalue weighted by molar-refractivity contribution is -0.275. The molecule has 1 aromatic carbocycles. The fourth-order valence-corrected chi connectivity index (χ4v) is 1.81. The molecule has 0 radical (unpaired) electrons. The molecule has 7 heteroatoms. The molecular weight excluding hydrogens is 311 g/mol. The summed E-state index contributed by atoms with van der Waals surface area (Å²) < 4.78 is 46.4. The Morgan fingerprint density at radius 1 is 1.13 bits per heavy atom. The van der Waals surface area contributed by atoms with Crippen LogP contribution in [0, 0.1) is 5.92 Å². The fraction of sp³-hybridized carbons (Fsp3) is 0.250. The van der Waals surface area contributed by atoms with Crippen LogP contribution in [0.1, 0.15) is 24.2 Å². The van der Waals surface area contributed by atoms with Crippen LogP contribution in [0.3, 0.4) is 0 Å². The summed E-state index contributed by atoms with van der Waals surface area (Å²) in [6.45, 7) is 3.49. The first-order valence-electron chi connectivity index (χ1n) is 6.79. The molecule has 1 aromatic heterocycles. The van der Waals surface area contributed by atoms with E-state index >= 15 is 0 Å². The van der Waals surface area contributed by atoms with Gasteiger partial charge in [-0.3, -0.25) is 4.79 Å². The first-order chi connectivity index (χ1) is 10.8. The van der Waals surface area contributed by atoms with E-state index in [1.54, 1.807) is 13.8 Å². The highest BCUT2D eigenvalue weighted by Gasteiger charge is 2.32. The van der Waals surface area contributed by atoms with E-state index in [4.69, 9.17) is 4.74 Å². The zero-order chi connectivity index (χ0) is 17.0. The number of halogens is 3. The number of hydrogen-bond acceptors (Lipinski definition) is 4. The topological polar surface area (TPSA) is 48.4 Å². The molecule has 0 bridgehead atoms. The van der Waals surface area contributed by atoms with Gasteiger partial charge in [-0.2, -0.15) is 0 Å². The Labute approximate surface area is 130 Å². The SMILES string of the molecule is CC(C)C(=O)c1ccnc(Oc2ccccc2OC(F)(F)F)c1. The van der Waals surface area contributed by atoms with Crippen molar-refractivity contribution >= 4 is 5.78 Å². The zero-order valence-electron chi connectivity index (χ0n) is 12.4. The Morgan fingerprint density at radius 2 is 1.78 bits per heavy atom. The number of pyridine rings is 1. The standard InChI is InChI=1S/C16H14F3NO3/c1-10(2)15(21)11-7-8-20-14(9-11)22-12-5-3-4-6-13(12)23-16(17,18)19/h3-10H,1-2H3. The first kappa shape index (κ1) is 16.8. The first-order valence-corrected chi connectivity index (χ1v) is 6.79. The van der Waals surface area contributed by atoms with Crippen LogP contribution < -0.4 is 9.47 Å². The molecule has 0 aliphatic carbocycles. The minimum atomic E-state index is -4.83. The van der Waals surface area contributed by atoms with Crippen molar-refractivity contribution in [2.24, 2.45) is 5.92 Å². The molecule has 0 N–H and O–H groups in total. The summed E-state index contributed by atoms with van der Waals surface area (Å²) in [5.41, 5.74) is 0.374. The fourth-order valence-electron chi connectivity index (χ4n) is 1.81. The maximum Gasteiger partial charge on any atom is 0.573 e. The second-order valence-electron chi connectivity index (χ2n) is 5.00.